The summed E-state index contributed by atoms with van der Waals surface area (Å²) in [6.07, 6.45) is 1.44. The van der Waals surface area contributed by atoms with E-state index in [-0.39, 0.29) is 38.3 Å². The van der Waals surface area contributed by atoms with Gasteiger partial charge in [0.15, 0.2) is 0 Å². The van der Waals surface area contributed by atoms with Crippen LogP contribution in [0.2, 0.25) is 5.02 Å². The number of hydrogen-bond donors (Lipinski definition) is 3. The van der Waals surface area contributed by atoms with Crippen molar-refractivity contribution in [3.63, 3.8) is 0 Å². The van der Waals surface area contributed by atoms with Crippen LogP contribution in [-0.4, -0.2) is 22.7 Å². The Hall–Kier alpha value is -3.64. The maximum absolute atomic E-state index is 12.8. The molecule has 0 bridgehead atoms. The summed E-state index contributed by atoms with van der Waals surface area (Å²) in [5.41, 5.74) is 0.642. The second kappa shape index (κ2) is 10.5. The Balaban J connectivity index is 1.44. The van der Waals surface area contributed by atoms with Crippen molar-refractivity contribution in [3.05, 3.63) is 108 Å². The van der Waals surface area contributed by atoms with E-state index in [0.29, 0.717) is 5.76 Å². The molecule has 0 unspecified atom stereocenters. The average Bonchev–Trinajstić information content (AvgIpc) is 3.38. The van der Waals surface area contributed by atoms with Gasteiger partial charge in [-0.3, -0.25) is 9.52 Å². The van der Waals surface area contributed by atoms with Gasteiger partial charge in [-0.1, -0.05) is 29.8 Å². The Labute approximate surface area is 213 Å². The van der Waals surface area contributed by atoms with Gasteiger partial charge >= 0.3 is 0 Å². The number of rotatable bonds is 9. The van der Waals surface area contributed by atoms with Crippen LogP contribution < -0.4 is 14.8 Å². The van der Waals surface area contributed by atoms with E-state index in [0.717, 1.165) is 0 Å². The van der Waals surface area contributed by atoms with Crippen LogP contribution in [0.1, 0.15) is 16.1 Å². The summed E-state index contributed by atoms with van der Waals surface area (Å²) < 4.78 is 60.4. The maximum Gasteiger partial charge on any atom is 0.262 e. The van der Waals surface area contributed by atoms with Gasteiger partial charge in [0.05, 0.1) is 33.3 Å². The SMILES string of the molecule is O=C(Nc1cccc(S(=O)(=O)Nc2ccccc2Cl)c1)c1ccc(S(=O)(=O)NCc2ccco2)cc1. The first-order valence-electron chi connectivity index (χ1n) is 10.4. The summed E-state index contributed by atoms with van der Waals surface area (Å²) in [4.78, 5) is 12.6. The third-order valence-corrected chi connectivity index (χ3v) is 8.07. The molecule has 186 valence electrons. The lowest BCUT2D eigenvalue weighted by Crippen LogP contribution is -2.23. The molecule has 36 heavy (non-hydrogen) atoms. The number of carbonyl (C=O) groups excluding carboxylic acids is 1. The summed E-state index contributed by atoms with van der Waals surface area (Å²) in [7, 11) is -7.78. The predicted octanol–water partition coefficient (Wildman–Crippen LogP) is 4.46. The number of para-hydroxylation sites is 1. The molecule has 4 aromatic rings. The van der Waals surface area contributed by atoms with Crippen LogP contribution in [0.25, 0.3) is 0 Å². The summed E-state index contributed by atoms with van der Waals surface area (Å²) >= 11 is 6.04. The molecule has 9 nitrogen and oxygen atoms in total. The molecule has 0 fully saturated rings. The fourth-order valence-electron chi connectivity index (χ4n) is 3.14. The van der Waals surface area contributed by atoms with Crippen LogP contribution in [0.3, 0.4) is 0 Å². The molecule has 1 amide bonds. The van der Waals surface area contributed by atoms with Gasteiger partial charge in [-0.25, -0.2) is 21.6 Å². The lowest BCUT2D eigenvalue weighted by molar-refractivity contribution is 0.102. The van der Waals surface area contributed by atoms with Gasteiger partial charge in [0, 0.05) is 11.3 Å². The van der Waals surface area contributed by atoms with Gasteiger partial charge in [-0.15, -0.1) is 0 Å². The molecule has 0 aliphatic carbocycles. The molecule has 0 spiro atoms. The van der Waals surface area contributed by atoms with Crippen LogP contribution >= 0.6 is 11.6 Å². The van der Waals surface area contributed by atoms with Gasteiger partial charge in [0.2, 0.25) is 10.0 Å². The molecule has 3 aromatic carbocycles. The number of anilines is 2. The van der Waals surface area contributed by atoms with Gasteiger partial charge in [0.1, 0.15) is 5.76 Å². The summed E-state index contributed by atoms with van der Waals surface area (Å²) in [5.74, 6) is -0.0861. The quantitative estimate of drug-likeness (QED) is 0.284. The monoisotopic (exact) mass is 545 g/mol. The minimum absolute atomic E-state index is 0.0118. The average molecular weight is 546 g/mol. The molecular formula is C24H20ClN3O6S2. The number of nitrogens with one attached hydrogen (secondary N) is 3. The topological polar surface area (TPSA) is 135 Å². The smallest absolute Gasteiger partial charge is 0.262 e. The fourth-order valence-corrected chi connectivity index (χ4v) is 5.50. The molecule has 0 atom stereocenters. The third kappa shape index (κ3) is 6.13. The number of furan rings is 1. The third-order valence-electron chi connectivity index (χ3n) is 4.96. The Morgan fingerprint density at radius 1 is 0.806 bits per heavy atom. The molecule has 0 saturated carbocycles. The highest BCUT2D eigenvalue weighted by atomic mass is 35.5. The molecule has 12 heteroatoms. The van der Waals surface area contributed by atoms with Crippen molar-refractivity contribution in [2.24, 2.45) is 0 Å². The molecule has 1 aromatic heterocycles. The van der Waals surface area contributed by atoms with E-state index in [1.54, 1.807) is 30.3 Å². The predicted molar refractivity (Wildman–Crippen MR) is 136 cm³/mol. The van der Waals surface area contributed by atoms with E-state index in [1.807, 2.05) is 0 Å². The normalized spacial score (nSPS) is 11.7. The van der Waals surface area contributed by atoms with Crippen LogP contribution in [0.15, 0.2) is 105 Å². The zero-order valence-electron chi connectivity index (χ0n) is 18.5. The number of hydrogen-bond acceptors (Lipinski definition) is 6. The van der Waals surface area contributed by atoms with Crippen molar-refractivity contribution < 1.29 is 26.0 Å². The van der Waals surface area contributed by atoms with E-state index in [9.17, 15) is 21.6 Å². The molecule has 1 heterocycles. The van der Waals surface area contributed by atoms with Crippen molar-refractivity contribution >= 4 is 48.9 Å². The van der Waals surface area contributed by atoms with Gasteiger partial charge < -0.3 is 9.73 Å². The van der Waals surface area contributed by atoms with Gasteiger partial charge in [-0.05, 0) is 66.7 Å². The van der Waals surface area contributed by atoms with Crippen LogP contribution in [-0.2, 0) is 26.6 Å². The van der Waals surface area contributed by atoms with Crippen molar-refractivity contribution in [3.8, 4) is 0 Å². The zero-order valence-corrected chi connectivity index (χ0v) is 20.9. The lowest BCUT2D eigenvalue weighted by atomic mass is 10.2. The number of benzene rings is 3. The Bertz CT molecular complexity index is 1590. The van der Waals surface area contributed by atoms with Gasteiger partial charge in [-0.2, -0.15) is 0 Å². The Morgan fingerprint density at radius 3 is 2.25 bits per heavy atom. The first-order chi connectivity index (χ1) is 17.1. The van der Waals surface area contributed by atoms with E-state index >= 15 is 0 Å². The first kappa shape index (κ1) is 25.5. The second-order valence-corrected chi connectivity index (χ2v) is 11.4. The van der Waals surface area contributed by atoms with E-state index in [1.165, 1.54) is 60.9 Å². The van der Waals surface area contributed by atoms with Gasteiger partial charge in [0.25, 0.3) is 15.9 Å². The van der Waals surface area contributed by atoms with Crippen molar-refractivity contribution in [1.29, 1.82) is 0 Å². The minimum atomic E-state index is -3.97. The highest BCUT2D eigenvalue weighted by Gasteiger charge is 2.18. The van der Waals surface area contributed by atoms with E-state index in [2.05, 4.69) is 14.8 Å². The van der Waals surface area contributed by atoms with Crippen LogP contribution in [0.4, 0.5) is 11.4 Å². The largest absolute Gasteiger partial charge is 0.468 e. The number of amides is 1. The minimum Gasteiger partial charge on any atom is -0.468 e. The summed E-state index contributed by atoms with van der Waals surface area (Å²) in [6.45, 7) is -0.0118. The molecular weight excluding hydrogens is 526 g/mol. The first-order valence-corrected chi connectivity index (χ1v) is 13.8. The van der Waals surface area contributed by atoms with E-state index < -0.39 is 26.0 Å². The van der Waals surface area contributed by atoms with Crippen molar-refractivity contribution in [1.82, 2.24) is 4.72 Å². The molecule has 3 N–H and O–H groups in total. The Morgan fingerprint density at radius 2 is 1.56 bits per heavy atom. The molecule has 0 saturated heterocycles. The Kier molecular flexibility index (Phi) is 7.45. The summed E-state index contributed by atoms with van der Waals surface area (Å²) in [5, 5.41) is 2.86. The summed E-state index contributed by atoms with van der Waals surface area (Å²) in [6, 6.07) is 20.7. The number of halogens is 1. The highest BCUT2D eigenvalue weighted by molar-refractivity contribution is 7.92. The van der Waals surface area contributed by atoms with Crippen molar-refractivity contribution in [2.45, 2.75) is 16.3 Å². The molecule has 4 rings (SSSR count). The standard InChI is InChI=1S/C24H20ClN3O6S2/c25-22-8-1-2-9-23(22)28-36(32,33)21-7-3-5-18(15-21)27-24(29)17-10-12-20(13-11-17)35(30,31)26-16-19-6-4-14-34-19/h1-15,26,28H,16H2,(H,27,29). The number of carbonyl (C=O) groups is 1. The highest BCUT2D eigenvalue weighted by Crippen LogP contribution is 2.25. The maximum atomic E-state index is 12.8. The molecule has 0 aliphatic heterocycles. The van der Waals surface area contributed by atoms with Crippen LogP contribution in [0.5, 0.6) is 0 Å². The van der Waals surface area contributed by atoms with E-state index in [4.69, 9.17) is 16.0 Å². The van der Waals surface area contributed by atoms with Crippen molar-refractivity contribution in [2.75, 3.05) is 10.0 Å². The second-order valence-electron chi connectivity index (χ2n) is 7.50. The molecule has 0 radical (unpaired) electrons. The fraction of sp³-hybridized carbons (Fsp3) is 0.0417. The lowest BCUT2D eigenvalue weighted by Gasteiger charge is -2.11. The zero-order chi connectivity index (χ0) is 25.8. The van der Waals surface area contributed by atoms with Crippen LogP contribution in [0, 0.1) is 0 Å². The molecule has 0 aliphatic rings. The number of sulfonamides is 2.